The molecule has 0 unspecified atom stereocenters. The van der Waals surface area contributed by atoms with Gasteiger partial charge in [-0.05, 0) is 140 Å². The molecule has 704 valence electrons. The summed E-state index contributed by atoms with van der Waals surface area (Å²) in [7, 11) is 4.49. The number of benzene rings is 7. The average molecular weight is 1860 g/mol. The Morgan fingerprint density at radius 3 is 1.19 bits per heavy atom. The average Bonchev–Trinajstić information content (AvgIpc) is 1.67. The van der Waals surface area contributed by atoms with Crippen LogP contribution < -0.4 is 40.2 Å². The van der Waals surface area contributed by atoms with Crippen LogP contribution in [0.4, 0.5) is 49.1 Å². The summed E-state index contributed by atoms with van der Waals surface area (Å²) in [6.45, 7) is 16.4. The number of ether oxygens (including phenoxy) is 8. The lowest BCUT2D eigenvalue weighted by Crippen LogP contribution is -2.37. The molecule has 0 aliphatic carbocycles. The number of nitrogens with zero attached hydrogens (tertiary/aromatic N) is 12. The molecule has 15 aromatic rings. The lowest BCUT2D eigenvalue weighted by atomic mass is 9.95. The Bertz CT molecular complexity index is 6530. The second-order valence-electron chi connectivity index (χ2n) is 32.7. The minimum Gasteiger partial charge on any atom is -0.496 e. The number of halogens is 6. The van der Waals surface area contributed by atoms with Gasteiger partial charge in [-0.3, -0.25) is 59.2 Å². The third kappa shape index (κ3) is 23.3. The zero-order valence-corrected chi connectivity index (χ0v) is 73.7. The van der Waals surface area contributed by atoms with Gasteiger partial charge in [-0.1, -0.05) is 48.5 Å². The first kappa shape index (κ1) is 92.5. The number of amides is 4. The summed E-state index contributed by atoms with van der Waals surface area (Å²) in [5, 5.41) is 39.2. The molecule has 12 N–H and O–H groups in total. The van der Waals surface area contributed by atoms with E-state index in [9.17, 15) is 45.5 Å². The van der Waals surface area contributed by atoms with E-state index in [1.165, 1.54) is 36.7 Å². The smallest absolute Gasteiger partial charge is 0.496 e. The van der Waals surface area contributed by atoms with E-state index in [1.807, 2.05) is 60.7 Å². The predicted octanol–water partition coefficient (Wildman–Crippen LogP) is 14.0. The van der Waals surface area contributed by atoms with E-state index in [0.29, 0.717) is 87.8 Å². The van der Waals surface area contributed by atoms with Crippen molar-refractivity contribution < 1.29 is 83.4 Å². The maximum absolute atomic E-state index is 13.0. The molecule has 8 aromatic heterocycles. The van der Waals surface area contributed by atoms with Crippen LogP contribution in [0.15, 0.2) is 164 Å². The molecule has 135 heavy (non-hydrogen) atoms. The number of hydrogen-bond donors (Lipinski definition) is 12. The molecule has 7 aromatic carbocycles. The summed E-state index contributed by atoms with van der Waals surface area (Å²) in [6.07, 6.45) is -0.159. The molecule has 5 fully saturated rings. The summed E-state index contributed by atoms with van der Waals surface area (Å²) in [5.41, 5.74) is 14.5. The van der Waals surface area contributed by atoms with Crippen LogP contribution in [-0.2, 0) is 60.9 Å². The number of H-pyrrole nitrogens is 8. The highest BCUT2D eigenvalue weighted by Crippen LogP contribution is 2.38. The van der Waals surface area contributed by atoms with Gasteiger partial charge < -0.3 is 79.1 Å². The van der Waals surface area contributed by atoms with Crippen LogP contribution in [0.25, 0.3) is 90.2 Å². The fourth-order valence-corrected chi connectivity index (χ4v) is 16.5. The van der Waals surface area contributed by atoms with Gasteiger partial charge in [0, 0.05) is 108 Å². The molecule has 0 bridgehead atoms. The van der Waals surface area contributed by atoms with Gasteiger partial charge in [0.05, 0.1) is 164 Å². The molecule has 0 atom stereocenters. The number of nitrogens with one attached hydrogen (secondary N) is 12. The molecule has 0 radical (unpaired) electrons. The molecule has 5 aliphatic rings. The molecular formula is C93H98F6N24O12. The molecular weight excluding hydrogens is 1760 g/mol. The summed E-state index contributed by atoms with van der Waals surface area (Å²) in [4.78, 5) is 92.3. The summed E-state index contributed by atoms with van der Waals surface area (Å²) >= 11 is 0. The van der Waals surface area contributed by atoms with Crippen molar-refractivity contribution in [2.45, 2.75) is 64.4 Å². The molecule has 0 saturated carbocycles. The third-order valence-electron chi connectivity index (χ3n) is 23.6. The number of morpholine rings is 3. The van der Waals surface area contributed by atoms with E-state index in [2.05, 4.69) is 158 Å². The van der Waals surface area contributed by atoms with Gasteiger partial charge in [-0.25, -0.2) is 19.9 Å². The van der Waals surface area contributed by atoms with Crippen LogP contribution in [-0.4, -0.2) is 257 Å². The number of methoxy groups -OCH3 is 3. The largest absolute Gasteiger partial charge is 0.573 e. The van der Waals surface area contributed by atoms with E-state index in [1.54, 1.807) is 26.6 Å². The van der Waals surface area contributed by atoms with E-state index in [4.69, 9.17) is 38.1 Å². The predicted molar refractivity (Wildman–Crippen MR) is 488 cm³/mol. The lowest BCUT2D eigenvalue weighted by Gasteiger charge is -2.31. The van der Waals surface area contributed by atoms with Gasteiger partial charge in [0.15, 0.2) is 34.8 Å². The van der Waals surface area contributed by atoms with Crippen molar-refractivity contribution in [3.8, 4) is 69.1 Å². The number of carbonyl (C=O) groups excluding carboxylic acids is 4. The lowest BCUT2D eigenvalue weighted by molar-refractivity contribution is -0.274. The monoisotopic (exact) mass is 1860 g/mol. The molecule has 5 aliphatic heterocycles. The Kier molecular flexibility index (Phi) is 28.9. The van der Waals surface area contributed by atoms with E-state index >= 15 is 0 Å². The zero-order valence-electron chi connectivity index (χ0n) is 73.7. The van der Waals surface area contributed by atoms with Crippen LogP contribution in [0.1, 0.15) is 74.2 Å². The molecule has 36 nitrogen and oxygen atoms in total. The number of imidazole rings is 4. The van der Waals surface area contributed by atoms with E-state index in [-0.39, 0.29) is 46.2 Å². The Labute approximate surface area is 767 Å². The van der Waals surface area contributed by atoms with Crippen molar-refractivity contribution in [1.29, 1.82) is 0 Å². The van der Waals surface area contributed by atoms with E-state index < -0.39 is 35.7 Å². The number of carbonyl (C=O) groups is 4. The minimum atomic E-state index is -4.90. The first-order valence-electron chi connectivity index (χ1n) is 43.9. The first-order chi connectivity index (χ1) is 65.5. The quantitative estimate of drug-likeness (QED) is 0.0250. The maximum Gasteiger partial charge on any atom is 0.573 e. The van der Waals surface area contributed by atoms with Gasteiger partial charge in [0.25, 0.3) is 11.8 Å². The Morgan fingerprint density at radius 2 is 0.763 bits per heavy atom. The van der Waals surface area contributed by atoms with Crippen LogP contribution in [0, 0.1) is 11.8 Å². The molecule has 5 saturated heterocycles. The highest BCUT2D eigenvalue weighted by atomic mass is 19.4. The van der Waals surface area contributed by atoms with Crippen LogP contribution >= 0.6 is 0 Å². The number of rotatable bonds is 24. The third-order valence-corrected chi connectivity index (χ3v) is 23.6. The van der Waals surface area contributed by atoms with Crippen LogP contribution in [0.3, 0.4) is 0 Å². The SMILES string of the molecule is COc1cc2nc(-c3[nH]ncc3NC(=O)C3CCN(Cc4ccccc4)CC3)[nH]c2cc1OC.COc1ccc(OC(F)(F)F)cc1C(=O)Nc1cn[nH]c1-c1nc2ccc(CN3CCOCC3)cc2[nH]1.O=C(Nc1cn[nH]c1-c1nc2ccc(CN3CCOCC3)cc2[nH]1)C1CCOCC1.O=C(Nc1cn[nH]c1-c1nc2ccc(CN3CCOCC3)cc2[nH]1)c1ccc(C(F)(F)F)cc1. The highest BCUT2D eigenvalue weighted by Gasteiger charge is 2.34. The number of likely N-dealkylation sites (tertiary alicyclic amines) is 1. The fourth-order valence-electron chi connectivity index (χ4n) is 16.5. The maximum atomic E-state index is 13.0. The summed E-state index contributed by atoms with van der Waals surface area (Å²) in [6, 6.07) is 39.6. The summed E-state index contributed by atoms with van der Waals surface area (Å²) in [5.74, 6) is 1.60. The number of piperidine rings is 1. The van der Waals surface area contributed by atoms with Crippen LogP contribution in [0.5, 0.6) is 23.0 Å². The Morgan fingerprint density at radius 1 is 0.385 bits per heavy atom. The topological polar surface area (TPSA) is 433 Å². The number of fused-ring (bicyclic) bond motifs is 4. The standard InChI is InChI=1S/C25H28N6O3.C24H23F3N6O4.C23H21F3N6O2.C21H26N6O3/c1-33-21-12-18-19(13-22(21)34-2)28-24(27-18)23-20(14-26-30-23)29-25(32)17-8-10-31(11-9-17)15-16-6-4-3-5-7-16;1-35-20-5-3-15(37-24(25,26)27)11-16(20)23(34)31-19-12-28-32-21(19)22-29-17-4-2-14(10-18(17)30-22)13-33-6-8-36-9-7-33;24-23(25,26)16-4-2-15(3-5-16)22(33)30-19-12-27-31-20(19)21-28-17-6-1-14(11-18(17)29-21)13-32-7-9-34-10-8-32;28-21(15-3-7-29-8-4-15)25-18-12-22-26-19(18)20-23-16-2-1-14(11-17(16)24-20)13-27-5-9-30-10-6-27/h3-7,12-14,17H,8-11,15H2,1-2H3,(H,26,30)(H,27,28)(H,29,32);2-5,10-12H,6-9,13H2,1H3,(H,28,32)(H,29,30)(H,31,34);1-6,11-12H,7-10,13H2,(H,27,31)(H,28,29)(H,30,33);1-2,11-12,15H,3-10,13H2,(H,22,26)(H,23,24)(H,25,28). The Balaban J connectivity index is 0.000000125. The first-order valence-corrected chi connectivity index (χ1v) is 43.9. The number of hydrogen-bond acceptors (Lipinski definition) is 24. The number of anilines is 4. The Hall–Kier alpha value is -14.4. The number of alkyl halides is 6. The minimum absolute atomic E-state index is 0.00450. The van der Waals surface area contributed by atoms with Crippen molar-refractivity contribution in [2.75, 3.05) is 148 Å². The van der Waals surface area contributed by atoms with Crippen molar-refractivity contribution in [2.24, 2.45) is 11.8 Å². The molecule has 4 amide bonds. The van der Waals surface area contributed by atoms with Gasteiger partial charge in [-0.2, -0.15) is 33.6 Å². The van der Waals surface area contributed by atoms with Gasteiger partial charge in [-0.15, -0.1) is 13.2 Å². The normalized spacial score (nSPS) is 15.7. The van der Waals surface area contributed by atoms with Crippen molar-refractivity contribution in [3.63, 3.8) is 0 Å². The second kappa shape index (κ2) is 42.2. The molecule has 20 rings (SSSR count). The number of aromatic amines is 8. The molecule has 13 heterocycles. The zero-order chi connectivity index (χ0) is 93.5. The number of aromatic nitrogens is 16. The fraction of sp³-hybridized carbons (Fsp3) is 0.333. The van der Waals surface area contributed by atoms with Crippen LogP contribution in [0.2, 0.25) is 0 Å². The molecule has 42 heteroatoms. The highest BCUT2D eigenvalue weighted by molar-refractivity contribution is 6.08. The van der Waals surface area contributed by atoms with Gasteiger partial charge >= 0.3 is 12.5 Å². The van der Waals surface area contributed by atoms with E-state index in [0.717, 1.165) is 236 Å². The van der Waals surface area contributed by atoms with Crippen molar-refractivity contribution >= 4 is 90.5 Å². The van der Waals surface area contributed by atoms with Gasteiger partial charge in [0.2, 0.25) is 11.8 Å². The molecule has 0 spiro atoms. The second-order valence-corrected chi connectivity index (χ2v) is 32.7. The van der Waals surface area contributed by atoms with Crippen molar-refractivity contribution in [1.82, 2.24) is 100 Å². The van der Waals surface area contributed by atoms with Gasteiger partial charge in [0.1, 0.15) is 34.3 Å². The van der Waals surface area contributed by atoms with Crippen molar-refractivity contribution in [3.05, 3.63) is 203 Å². The summed E-state index contributed by atoms with van der Waals surface area (Å²) < 4.78 is 118.